The molecule has 0 saturated heterocycles. The Morgan fingerprint density at radius 1 is 0.929 bits per heavy atom. The SMILES string of the molecule is CC[C@@H](C(=O)NC)N(Cc1ccc(Cl)c(Cl)c1)C(=O)Cc1ccc(Cl)c(Cl)c1. The van der Waals surface area contributed by atoms with Gasteiger partial charge in [-0.1, -0.05) is 65.5 Å². The summed E-state index contributed by atoms with van der Waals surface area (Å²) < 4.78 is 0. The number of amides is 2. The molecule has 4 nitrogen and oxygen atoms in total. The first-order chi connectivity index (χ1) is 13.3. The Hall–Kier alpha value is -1.46. The minimum Gasteiger partial charge on any atom is -0.357 e. The summed E-state index contributed by atoms with van der Waals surface area (Å²) in [6.07, 6.45) is 0.555. The van der Waals surface area contributed by atoms with Gasteiger partial charge < -0.3 is 10.2 Å². The Bertz CT molecular complexity index is 873. The van der Waals surface area contributed by atoms with Crippen molar-refractivity contribution in [2.24, 2.45) is 0 Å². The van der Waals surface area contributed by atoms with Crippen LogP contribution in [0.5, 0.6) is 0 Å². The van der Waals surface area contributed by atoms with Gasteiger partial charge >= 0.3 is 0 Å². The van der Waals surface area contributed by atoms with Crippen molar-refractivity contribution < 1.29 is 9.59 Å². The number of nitrogens with one attached hydrogen (secondary N) is 1. The van der Waals surface area contributed by atoms with Crippen LogP contribution in [0.15, 0.2) is 36.4 Å². The van der Waals surface area contributed by atoms with E-state index in [-0.39, 0.29) is 24.8 Å². The maximum Gasteiger partial charge on any atom is 0.242 e. The van der Waals surface area contributed by atoms with Crippen molar-refractivity contribution in [2.45, 2.75) is 32.4 Å². The number of hydrogen-bond donors (Lipinski definition) is 1. The zero-order valence-electron chi connectivity index (χ0n) is 15.4. The fourth-order valence-electron chi connectivity index (χ4n) is 2.85. The quantitative estimate of drug-likeness (QED) is 0.600. The molecule has 0 aromatic heterocycles. The number of hydrogen-bond acceptors (Lipinski definition) is 2. The van der Waals surface area contributed by atoms with Gasteiger partial charge in [0.25, 0.3) is 0 Å². The molecular weight excluding hydrogens is 442 g/mol. The Labute approximate surface area is 184 Å². The summed E-state index contributed by atoms with van der Waals surface area (Å²) in [5.74, 6) is -0.440. The lowest BCUT2D eigenvalue weighted by molar-refractivity contribution is -0.140. The van der Waals surface area contributed by atoms with E-state index in [9.17, 15) is 9.59 Å². The van der Waals surface area contributed by atoms with Gasteiger partial charge in [-0.25, -0.2) is 0 Å². The smallest absolute Gasteiger partial charge is 0.242 e. The summed E-state index contributed by atoms with van der Waals surface area (Å²) >= 11 is 24.1. The van der Waals surface area contributed by atoms with Crippen LogP contribution in [0.3, 0.4) is 0 Å². The van der Waals surface area contributed by atoms with Crippen LogP contribution in [0.25, 0.3) is 0 Å². The van der Waals surface area contributed by atoms with Gasteiger partial charge in [0.1, 0.15) is 6.04 Å². The van der Waals surface area contributed by atoms with Crippen LogP contribution in [-0.4, -0.2) is 29.8 Å². The first kappa shape index (κ1) is 22.8. The van der Waals surface area contributed by atoms with E-state index in [0.717, 1.165) is 5.56 Å². The molecule has 2 aromatic rings. The first-order valence-corrected chi connectivity index (χ1v) is 10.2. The third-order valence-corrected chi connectivity index (χ3v) is 5.79. The molecule has 0 radical (unpaired) electrons. The van der Waals surface area contributed by atoms with E-state index in [2.05, 4.69) is 5.32 Å². The van der Waals surface area contributed by atoms with Crippen LogP contribution in [0.2, 0.25) is 20.1 Å². The highest BCUT2D eigenvalue weighted by Gasteiger charge is 2.28. The molecule has 0 aliphatic heterocycles. The zero-order chi connectivity index (χ0) is 20.8. The fourth-order valence-corrected chi connectivity index (χ4v) is 3.49. The molecule has 2 amide bonds. The molecule has 28 heavy (non-hydrogen) atoms. The van der Waals surface area contributed by atoms with Gasteiger partial charge in [-0.05, 0) is 41.8 Å². The van der Waals surface area contributed by atoms with Crippen molar-refractivity contribution in [3.8, 4) is 0 Å². The van der Waals surface area contributed by atoms with Gasteiger partial charge in [-0.15, -0.1) is 0 Å². The second kappa shape index (κ2) is 10.4. The Balaban J connectivity index is 2.32. The van der Waals surface area contributed by atoms with Gasteiger partial charge in [0.15, 0.2) is 0 Å². The highest BCUT2D eigenvalue weighted by Crippen LogP contribution is 2.25. The van der Waals surface area contributed by atoms with Gasteiger partial charge in [-0.3, -0.25) is 9.59 Å². The summed E-state index contributed by atoms with van der Waals surface area (Å²) in [5.41, 5.74) is 1.49. The Morgan fingerprint density at radius 2 is 1.46 bits per heavy atom. The molecule has 1 N–H and O–H groups in total. The van der Waals surface area contributed by atoms with E-state index in [0.29, 0.717) is 32.1 Å². The van der Waals surface area contributed by atoms with Crippen LogP contribution >= 0.6 is 46.4 Å². The average Bonchev–Trinajstić information content (AvgIpc) is 2.67. The van der Waals surface area contributed by atoms with E-state index in [1.54, 1.807) is 48.3 Å². The number of carbonyl (C=O) groups excluding carboxylic acids is 2. The van der Waals surface area contributed by atoms with Crippen molar-refractivity contribution >= 4 is 58.2 Å². The van der Waals surface area contributed by atoms with E-state index in [4.69, 9.17) is 46.4 Å². The topological polar surface area (TPSA) is 49.4 Å². The van der Waals surface area contributed by atoms with Crippen molar-refractivity contribution in [1.82, 2.24) is 10.2 Å². The van der Waals surface area contributed by atoms with E-state index in [1.807, 2.05) is 6.92 Å². The molecule has 150 valence electrons. The molecule has 1 atom stereocenters. The van der Waals surface area contributed by atoms with Crippen molar-refractivity contribution in [3.05, 3.63) is 67.6 Å². The highest BCUT2D eigenvalue weighted by molar-refractivity contribution is 6.42. The van der Waals surface area contributed by atoms with Gasteiger partial charge in [0, 0.05) is 13.6 Å². The summed E-state index contributed by atoms with van der Waals surface area (Å²) in [5, 5.41) is 4.24. The fraction of sp³-hybridized carbons (Fsp3) is 0.300. The molecule has 0 saturated carbocycles. The van der Waals surface area contributed by atoms with Gasteiger partial charge in [-0.2, -0.15) is 0 Å². The van der Waals surface area contributed by atoms with Crippen LogP contribution < -0.4 is 5.32 Å². The van der Waals surface area contributed by atoms with E-state index < -0.39 is 6.04 Å². The largest absolute Gasteiger partial charge is 0.357 e. The molecule has 0 heterocycles. The van der Waals surface area contributed by atoms with E-state index >= 15 is 0 Å². The minimum absolute atomic E-state index is 0.0890. The van der Waals surface area contributed by atoms with Crippen molar-refractivity contribution in [2.75, 3.05) is 7.05 Å². The van der Waals surface area contributed by atoms with Crippen LogP contribution in [0.1, 0.15) is 24.5 Å². The number of halogens is 4. The normalized spacial score (nSPS) is 11.8. The molecule has 0 spiro atoms. The summed E-state index contributed by atoms with van der Waals surface area (Å²) in [6.45, 7) is 2.08. The van der Waals surface area contributed by atoms with Crippen LogP contribution in [-0.2, 0) is 22.6 Å². The lowest BCUT2D eigenvalue weighted by Gasteiger charge is -2.30. The molecule has 8 heteroatoms. The summed E-state index contributed by atoms with van der Waals surface area (Å²) in [6, 6.07) is 9.57. The Kier molecular flexibility index (Phi) is 8.44. The number of rotatable bonds is 7. The second-order valence-corrected chi connectivity index (χ2v) is 7.86. The number of benzene rings is 2. The minimum atomic E-state index is -0.616. The molecular formula is C20H20Cl4N2O2. The lowest BCUT2D eigenvalue weighted by atomic mass is 10.1. The van der Waals surface area contributed by atoms with Crippen molar-refractivity contribution in [3.63, 3.8) is 0 Å². The van der Waals surface area contributed by atoms with Crippen LogP contribution in [0.4, 0.5) is 0 Å². The highest BCUT2D eigenvalue weighted by atomic mass is 35.5. The standard InChI is InChI=1S/C20H20Cl4N2O2/c1-3-18(20(28)25-2)26(11-13-5-7-15(22)17(24)9-13)19(27)10-12-4-6-14(21)16(23)8-12/h4-9,18H,3,10-11H2,1-2H3,(H,25,28)/t18-/m0/s1. The summed E-state index contributed by atoms with van der Waals surface area (Å²) in [7, 11) is 1.55. The Morgan fingerprint density at radius 3 is 1.96 bits per heavy atom. The second-order valence-electron chi connectivity index (χ2n) is 6.23. The number of likely N-dealkylation sites (N-methyl/N-ethyl adjacent to an activating group) is 1. The molecule has 2 rings (SSSR count). The third kappa shape index (κ3) is 5.77. The predicted molar refractivity (Wildman–Crippen MR) is 115 cm³/mol. The van der Waals surface area contributed by atoms with Crippen molar-refractivity contribution in [1.29, 1.82) is 0 Å². The van der Waals surface area contributed by atoms with E-state index in [1.165, 1.54) is 0 Å². The number of carbonyl (C=O) groups is 2. The average molecular weight is 462 g/mol. The monoisotopic (exact) mass is 460 g/mol. The maximum absolute atomic E-state index is 13.1. The van der Waals surface area contributed by atoms with Gasteiger partial charge in [0.05, 0.1) is 26.5 Å². The zero-order valence-corrected chi connectivity index (χ0v) is 18.5. The predicted octanol–water partition coefficient (Wildman–Crippen LogP) is 5.40. The summed E-state index contributed by atoms with van der Waals surface area (Å²) in [4.78, 5) is 27.0. The van der Waals surface area contributed by atoms with Gasteiger partial charge in [0.2, 0.25) is 11.8 Å². The third-order valence-electron chi connectivity index (χ3n) is 4.31. The number of nitrogens with zero attached hydrogens (tertiary/aromatic N) is 1. The molecule has 0 unspecified atom stereocenters. The maximum atomic E-state index is 13.1. The molecule has 0 fully saturated rings. The molecule has 2 aromatic carbocycles. The molecule has 0 bridgehead atoms. The molecule has 0 aliphatic carbocycles. The molecule has 0 aliphatic rings. The first-order valence-electron chi connectivity index (χ1n) is 8.65. The van der Waals surface area contributed by atoms with Crippen LogP contribution in [0, 0.1) is 0 Å². The lowest BCUT2D eigenvalue weighted by Crippen LogP contribution is -2.48.